The van der Waals surface area contributed by atoms with Crippen molar-refractivity contribution in [2.24, 2.45) is 0 Å². The van der Waals surface area contributed by atoms with Gasteiger partial charge in [0, 0.05) is 4.90 Å². The molecule has 0 saturated heterocycles. The Morgan fingerprint density at radius 2 is 2.13 bits per heavy atom. The minimum absolute atomic E-state index is 0.0416. The lowest BCUT2D eigenvalue weighted by atomic mass is 10.2. The van der Waals surface area contributed by atoms with Crippen molar-refractivity contribution in [1.29, 1.82) is 0 Å². The number of thioether (sulfide) groups is 1. The van der Waals surface area contributed by atoms with E-state index in [1.165, 1.54) is 11.8 Å². The van der Waals surface area contributed by atoms with Crippen molar-refractivity contribution in [2.45, 2.75) is 24.8 Å². The van der Waals surface area contributed by atoms with Crippen molar-refractivity contribution < 1.29 is 14.6 Å². The largest absolute Gasteiger partial charge is 0.490 e. The molecule has 0 unspecified atom stereocenters. The van der Waals surface area contributed by atoms with Crippen LogP contribution in [0.15, 0.2) is 23.1 Å². The number of hydrogen-bond donors (Lipinski definition) is 1. The fraction of sp³-hybridized carbons (Fsp3) is 0.364. The van der Waals surface area contributed by atoms with Crippen LogP contribution in [0.1, 0.15) is 24.2 Å². The highest BCUT2D eigenvalue weighted by Crippen LogP contribution is 2.29. The summed E-state index contributed by atoms with van der Waals surface area (Å²) in [5.74, 6) is -0.298. The van der Waals surface area contributed by atoms with Crippen LogP contribution in [0.4, 0.5) is 0 Å². The Morgan fingerprint density at radius 1 is 1.47 bits per heavy atom. The molecule has 0 heterocycles. The van der Waals surface area contributed by atoms with Gasteiger partial charge in [0.1, 0.15) is 5.75 Å². The number of carbonyl (C=O) groups is 1. The third-order valence-electron chi connectivity index (χ3n) is 1.77. The van der Waals surface area contributed by atoms with Crippen LogP contribution in [0.5, 0.6) is 5.75 Å². The molecule has 0 aromatic heterocycles. The normalized spacial score (nSPS) is 10.4. The Bertz CT molecular complexity index is 361. The van der Waals surface area contributed by atoms with Crippen molar-refractivity contribution in [1.82, 2.24) is 0 Å². The first kappa shape index (κ1) is 11.9. The van der Waals surface area contributed by atoms with Crippen LogP contribution in [-0.4, -0.2) is 23.4 Å². The van der Waals surface area contributed by atoms with Gasteiger partial charge in [-0.15, -0.1) is 11.8 Å². The molecule has 4 heteroatoms. The molecule has 0 radical (unpaired) electrons. The molecule has 0 spiro atoms. The lowest BCUT2D eigenvalue weighted by Gasteiger charge is -2.13. The molecule has 3 nitrogen and oxygen atoms in total. The van der Waals surface area contributed by atoms with Crippen LogP contribution in [0.2, 0.25) is 0 Å². The zero-order valence-electron chi connectivity index (χ0n) is 8.98. The molecule has 1 aromatic rings. The quantitative estimate of drug-likeness (QED) is 0.802. The Kier molecular flexibility index (Phi) is 4.03. The molecule has 0 aliphatic rings. The standard InChI is InChI=1S/C11H14O3S/c1-7(2)14-9-6-8(11(12)13)4-5-10(9)15-3/h4-7H,1-3H3,(H,12,13). The van der Waals surface area contributed by atoms with E-state index in [0.717, 1.165) is 4.90 Å². The second-order valence-electron chi connectivity index (χ2n) is 3.34. The van der Waals surface area contributed by atoms with Gasteiger partial charge in [-0.2, -0.15) is 0 Å². The summed E-state index contributed by atoms with van der Waals surface area (Å²) in [5.41, 5.74) is 0.253. The van der Waals surface area contributed by atoms with E-state index in [4.69, 9.17) is 9.84 Å². The lowest BCUT2D eigenvalue weighted by Crippen LogP contribution is -2.07. The van der Waals surface area contributed by atoms with Gasteiger partial charge in [-0.3, -0.25) is 0 Å². The van der Waals surface area contributed by atoms with Crippen LogP contribution in [0, 0.1) is 0 Å². The molecule has 1 aromatic carbocycles. The van der Waals surface area contributed by atoms with Gasteiger partial charge in [0.25, 0.3) is 0 Å². The number of benzene rings is 1. The number of carboxylic acid groups (broad SMARTS) is 1. The second-order valence-corrected chi connectivity index (χ2v) is 4.19. The fourth-order valence-corrected chi connectivity index (χ4v) is 1.67. The molecule has 0 aliphatic heterocycles. The van der Waals surface area contributed by atoms with Crippen LogP contribution in [0.25, 0.3) is 0 Å². The highest BCUT2D eigenvalue weighted by Gasteiger charge is 2.09. The highest BCUT2D eigenvalue weighted by atomic mass is 32.2. The monoisotopic (exact) mass is 226 g/mol. The van der Waals surface area contributed by atoms with Crippen LogP contribution in [0.3, 0.4) is 0 Å². The van der Waals surface area contributed by atoms with E-state index in [1.807, 2.05) is 20.1 Å². The maximum absolute atomic E-state index is 10.8. The Labute approximate surface area is 93.4 Å². The first-order valence-electron chi connectivity index (χ1n) is 4.62. The van der Waals surface area contributed by atoms with Gasteiger partial charge in [-0.1, -0.05) is 0 Å². The van der Waals surface area contributed by atoms with Crippen LogP contribution in [-0.2, 0) is 0 Å². The molecule has 0 bridgehead atoms. The van der Waals surface area contributed by atoms with E-state index in [-0.39, 0.29) is 11.7 Å². The minimum atomic E-state index is -0.934. The molecule has 82 valence electrons. The predicted molar refractivity (Wildman–Crippen MR) is 60.9 cm³/mol. The molecule has 0 saturated carbocycles. The van der Waals surface area contributed by atoms with Gasteiger partial charge < -0.3 is 9.84 Å². The smallest absolute Gasteiger partial charge is 0.335 e. The van der Waals surface area contributed by atoms with E-state index >= 15 is 0 Å². The Balaban J connectivity index is 3.07. The average Bonchev–Trinajstić information content (AvgIpc) is 2.16. The van der Waals surface area contributed by atoms with Gasteiger partial charge in [-0.05, 0) is 38.3 Å². The van der Waals surface area contributed by atoms with Crippen molar-refractivity contribution >= 4 is 17.7 Å². The van der Waals surface area contributed by atoms with Crippen LogP contribution < -0.4 is 4.74 Å². The summed E-state index contributed by atoms with van der Waals surface area (Å²) in [4.78, 5) is 11.7. The topological polar surface area (TPSA) is 46.5 Å². The summed E-state index contributed by atoms with van der Waals surface area (Å²) >= 11 is 1.54. The summed E-state index contributed by atoms with van der Waals surface area (Å²) in [5, 5.41) is 8.84. The number of rotatable bonds is 4. The van der Waals surface area contributed by atoms with E-state index in [1.54, 1.807) is 18.2 Å². The zero-order valence-corrected chi connectivity index (χ0v) is 9.80. The predicted octanol–water partition coefficient (Wildman–Crippen LogP) is 2.89. The molecule has 0 fully saturated rings. The van der Waals surface area contributed by atoms with Crippen molar-refractivity contribution in [3.8, 4) is 5.75 Å². The molecule has 15 heavy (non-hydrogen) atoms. The maximum atomic E-state index is 10.8. The van der Waals surface area contributed by atoms with Gasteiger partial charge in [0.2, 0.25) is 0 Å². The van der Waals surface area contributed by atoms with Gasteiger partial charge in [0.05, 0.1) is 11.7 Å². The first-order valence-corrected chi connectivity index (χ1v) is 5.85. The molecule has 1 N–H and O–H groups in total. The number of ether oxygens (including phenoxy) is 1. The van der Waals surface area contributed by atoms with Gasteiger partial charge >= 0.3 is 5.97 Å². The summed E-state index contributed by atoms with van der Waals surface area (Å²) < 4.78 is 5.54. The third-order valence-corrected chi connectivity index (χ3v) is 2.55. The summed E-state index contributed by atoms with van der Waals surface area (Å²) in [6, 6.07) is 4.92. The van der Waals surface area contributed by atoms with Gasteiger partial charge in [-0.25, -0.2) is 4.79 Å². The van der Waals surface area contributed by atoms with E-state index in [2.05, 4.69) is 0 Å². The van der Waals surface area contributed by atoms with Crippen molar-refractivity contribution in [3.63, 3.8) is 0 Å². The molecule has 0 aliphatic carbocycles. The van der Waals surface area contributed by atoms with Gasteiger partial charge in [0.15, 0.2) is 0 Å². The maximum Gasteiger partial charge on any atom is 0.335 e. The van der Waals surface area contributed by atoms with E-state index in [0.29, 0.717) is 5.75 Å². The fourth-order valence-electron chi connectivity index (χ4n) is 1.16. The molecular formula is C11H14O3S. The number of hydrogen-bond acceptors (Lipinski definition) is 3. The molecule has 0 atom stereocenters. The van der Waals surface area contributed by atoms with Crippen LogP contribution >= 0.6 is 11.8 Å². The van der Waals surface area contributed by atoms with Crippen molar-refractivity contribution in [2.75, 3.05) is 6.26 Å². The SMILES string of the molecule is CSc1ccc(C(=O)O)cc1OC(C)C. The van der Waals surface area contributed by atoms with E-state index in [9.17, 15) is 4.79 Å². The van der Waals surface area contributed by atoms with E-state index < -0.39 is 5.97 Å². The first-order chi connectivity index (χ1) is 7.04. The Hall–Kier alpha value is -1.16. The lowest BCUT2D eigenvalue weighted by molar-refractivity contribution is 0.0696. The zero-order chi connectivity index (χ0) is 11.4. The Morgan fingerprint density at radius 3 is 2.60 bits per heavy atom. The molecule has 1 rings (SSSR count). The highest BCUT2D eigenvalue weighted by molar-refractivity contribution is 7.98. The summed E-state index contributed by atoms with van der Waals surface area (Å²) in [6.07, 6.45) is 1.98. The minimum Gasteiger partial charge on any atom is -0.490 e. The van der Waals surface area contributed by atoms with Crippen molar-refractivity contribution in [3.05, 3.63) is 23.8 Å². The average molecular weight is 226 g/mol. The number of carboxylic acids is 1. The molecular weight excluding hydrogens is 212 g/mol. The third kappa shape index (κ3) is 3.16. The second kappa shape index (κ2) is 5.07. The summed E-state index contributed by atoms with van der Waals surface area (Å²) in [7, 11) is 0. The summed E-state index contributed by atoms with van der Waals surface area (Å²) in [6.45, 7) is 3.83. The molecule has 0 amide bonds. The number of aromatic carboxylic acids is 1.